The van der Waals surface area contributed by atoms with E-state index >= 15 is 0 Å². The summed E-state index contributed by atoms with van der Waals surface area (Å²) < 4.78 is 0. The van der Waals surface area contributed by atoms with Gasteiger partial charge in [-0.25, -0.2) is 4.98 Å². The van der Waals surface area contributed by atoms with Crippen molar-refractivity contribution < 1.29 is 4.79 Å². The van der Waals surface area contributed by atoms with Gasteiger partial charge in [-0.3, -0.25) is 4.79 Å². The van der Waals surface area contributed by atoms with Crippen molar-refractivity contribution in [2.24, 2.45) is 5.73 Å². The predicted octanol–water partition coefficient (Wildman–Crippen LogP) is 1.68. The number of pyridine rings is 1. The summed E-state index contributed by atoms with van der Waals surface area (Å²) in [5, 5.41) is 3.15. The van der Waals surface area contributed by atoms with Gasteiger partial charge in [0.05, 0.1) is 0 Å². The van der Waals surface area contributed by atoms with Crippen molar-refractivity contribution >= 4 is 17.4 Å². The molecule has 98 valence electrons. The number of nitrogen functional groups attached to an aromatic ring is 1. The number of amides is 1. The van der Waals surface area contributed by atoms with E-state index in [0.717, 1.165) is 16.8 Å². The highest BCUT2D eigenvalue weighted by molar-refractivity contribution is 5.91. The van der Waals surface area contributed by atoms with Gasteiger partial charge in [0.25, 0.3) is 5.91 Å². The Kier molecular flexibility index (Phi) is 3.66. The van der Waals surface area contributed by atoms with E-state index in [1.165, 1.54) is 0 Å². The van der Waals surface area contributed by atoms with E-state index in [2.05, 4.69) is 10.3 Å². The summed E-state index contributed by atoms with van der Waals surface area (Å²) in [5.74, 6) is 0.0712. The second-order valence-corrected chi connectivity index (χ2v) is 4.26. The molecule has 1 aromatic carbocycles. The number of rotatable bonds is 4. The lowest BCUT2D eigenvalue weighted by atomic mass is 10.1. The average Bonchev–Trinajstić information content (AvgIpc) is 2.41. The summed E-state index contributed by atoms with van der Waals surface area (Å²) in [6, 6.07) is 10.9. The van der Waals surface area contributed by atoms with Crippen LogP contribution in [0.1, 0.15) is 21.6 Å². The van der Waals surface area contributed by atoms with Gasteiger partial charge in [0.15, 0.2) is 0 Å². The van der Waals surface area contributed by atoms with E-state index in [1.54, 1.807) is 18.2 Å². The molecular weight excluding hydrogens is 240 g/mol. The zero-order chi connectivity index (χ0) is 13.8. The molecule has 5 heteroatoms. The van der Waals surface area contributed by atoms with E-state index < -0.39 is 5.91 Å². The van der Waals surface area contributed by atoms with Crippen LogP contribution in [-0.2, 0) is 6.54 Å². The number of hydrogen-bond donors (Lipinski definition) is 3. The van der Waals surface area contributed by atoms with Crippen molar-refractivity contribution in [2.75, 3.05) is 11.1 Å². The van der Waals surface area contributed by atoms with Crippen LogP contribution < -0.4 is 16.8 Å². The number of anilines is 2. The molecule has 0 aliphatic rings. The summed E-state index contributed by atoms with van der Waals surface area (Å²) in [5.41, 5.74) is 14.2. The maximum Gasteiger partial charge on any atom is 0.267 e. The van der Waals surface area contributed by atoms with Crippen LogP contribution in [0.5, 0.6) is 0 Å². The molecule has 1 aromatic heterocycles. The van der Waals surface area contributed by atoms with Gasteiger partial charge in [-0.2, -0.15) is 0 Å². The van der Waals surface area contributed by atoms with E-state index in [9.17, 15) is 4.79 Å². The van der Waals surface area contributed by atoms with Crippen LogP contribution in [0.15, 0.2) is 36.4 Å². The summed E-state index contributed by atoms with van der Waals surface area (Å²) in [6.07, 6.45) is 0. The number of nitrogens with two attached hydrogens (primary N) is 2. The van der Waals surface area contributed by atoms with Crippen LogP contribution in [0.2, 0.25) is 0 Å². The third kappa shape index (κ3) is 3.01. The first kappa shape index (κ1) is 12.9. The molecule has 19 heavy (non-hydrogen) atoms. The van der Waals surface area contributed by atoms with Crippen molar-refractivity contribution in [2.45, 2.75) is 13.5 Å². The number of carbonyl (C=O) groups is 1. The maximum absolute atomic E-state index is 11.0. The Morgan fingerprint density at radius 2 is 2.00 bits per heavy atom. The molecule has 0 unspecified atom stereocenters. The Labute approximate surface area is 111 Å². The van der Waals surface area contributed by atoms with Crippen LogP contribution in [0.4, 0.5) is 11.5 Å². The second-order valence-electron chi connectivity index (χ2n) is 4.26. The van der Waals surface area contributed by atoms with Gasteiger partial charge >= 0.3 is 0 Å². The number of nitrogens with one attached hydrogen (secondary N) is 1. The lowest BCUT2D eigenvalue weighted by Gasteiger charge is -2.10. The smallest absolute Gasteiger partial charge is 0.267 e. The minimum atomic E-state index is -0.538. The minimum Gasteiger partial charge on any atom is -0.399 e. The third-order valence-electron chi connectivity index (χ3n) is 2.95. The quantitative estimate of drug-likeness (QED) is 0.725. The Bertz CT molecular complexity index is 610. The van der Waals surface area contributed by atoms with Crippen molar-refractivity contribution in [3.05, 3.63) is 53.2 Å². The Balaban J connectivity index is 2.12. The molecule has 0 aliphatic heterocycles. The van der Waals surface area contributed by atoms with Crippen molar-refractivity contribution in [3.8, 4) is 0 Å². The van der Waals surface area contributed by atoms with Crippen LogP contribution in [0.25, 0.3) is 0 Å². The summed E-state index contributed by atoms with van der Waals surface area (Å²) in [7, 11) is 0. The molecule has 0 radical (unpaired) electrons. The van der Waals surface area contributed by atoms with E-state index in [1.807, 2.05) is 25.1 Å². The molecule has 0 bridgehead atoms. The lowest BCUT2D eigenvalue weighted by molar-refractivity contribution is 0.0995. The van der Waals surface area contributed by atoms with Crippen LogP contribution in [0, 0.1) is 6.92 Å². The van der Waals surface area contributed by atoms with E-state index in [4.69, 9.17) is 11.5 Å². The number of aromatic nitrogens is 1. The van der Waals surface area contributed by atoms with Gasteiger partial charge in [-0.1, -0.05) is 18.2 Å². The molecule has 5 N–H and O–H groups in total. The first-order valence-electron chi connectivity index (χ1n) is 5.92. The fourth-order valence-electron chi connectivity index (χ4n) is 1.75. The second kappa shape index (κ2) is 5.39. The number of primary amides is 1. The molecule has 2 aromatic rings. The third-order valence-corrected chi connectivity index (χ3v) is 2.95. The van der Waals surface area contributed by atoms with Crippen molar-refractivity contribution in [1.29, 1.82) is 0 Å². The molecule has 0 saturated carbocycles. The molecule has 5 nitrogen and oxygen atoms in total. The SMILES string of the molecule is Cc1c(N)cccc1CNc1cccc(C(N)=O)n1. The van der Waals surface area contributed by atoms with Gasteiger partial charge in [-0.15, -0.1) is 0 Å². The molecule has 0 spiro atoms. The molecule has 0 fully saturated rings. The zero-order valence-corrected chi connectivity index (χ0v) is 10.7. The van der Waals surface area contributed by atoms with Crippen molar-refractivity contribution in [3.63, 3.8) is 0 Å². The van der Waals surface area contributed by atoms with E-state index in [-0.39, 0.29) is 5.69 Å². The van der Waals surface area contributed by atoms with Crippen LogP contribution in [-0.4, -0.2) is 10.9 Å². The molecule has 2 rings (SSSR count). The number of carbonyl (C=O) groups excluding carboxylic acids is 1. The molecule has 0 saturated heterocycles. The predicted molar refractivity (Wildman–Crippen MR) is 75.7 cm³/mol. The monoisotopic (exact) mass is 256 g/mol. The molecule has 1 heterocycles. The summed E-state index contributed by atoms with van der Waals surface area (Å²) in [6.45, 7) is 2.56. The molecule has 0 atom stereocenters. The summed E-state index contributed by atoms with van der Waals surface area (Å²) >= 11 is 0. The molecule has 0 aliphatic carbocycles. The van der Waals surface area contributed by atoms with Crippen LogP contribution >= 0.6 is 0 Å². The van der Waals surface area contributed by atoms with Gasteiger partial charge < -0.3 is 16.8 Å². The van der Waals surface area contributed by atoms with Gasteiger partial charge in [0.1, 0.15) is 11.5 Å². The first-order chi connectivity index (χ1) is 9.08. The van der Waals surface area contributed by atoms with Gasteiger partial charge in [0, 0.05) is 12.2 Å². The number of benzene rings is 1. The van der Waals surface area contributed by atoms with Gasteiger partial charge in [-0.05, 0) is 36.2 Å². The Hall–Kier alpha value is -2.56. The summed E-state index contributed by atoms with van der Waals surface area (Å²) in [4.78, 5) is 15.2. The molecule has 1 amide bonds. The Morgan fingerprint density at radius 3 is 2.74 bits per heavy atom. The van der Waals surface area contributed by atoms with Crippen molar-refractivity contribution in [1.82, 2.24) is 4.98 Å². The highest BCUT2D eigenvalue weighted by Gasteiger charge is 2.04. The number of hydrogen-bond acceptors (Lipinski definition) is 4. The highest BCUT2D eigenvalue weighted by atomic mass is 16.1. The highest BCUT2D eigenvalue weighted by Crippen LogP contribution is 2.16. The van der Waals surface area contributed by atoms with Crippen LogP contribution in [0.3, 0.4) is 0 Å². The largest absolute Gasteiger partial charge is 0.399 e. The standard InChI is InChI=1S/C14H16N4O/c1-9-10(4-2-5-11(9)15)8-17-13-7-3-6-12(18-13)14(16)19/h2-7H,8,15H2,1H3,(H2,16,19)(H,17,18). The minimum absolute atomic E-state index is 0.245. The zero-order valence-electron chi connectivity index (χ0n) is 10.7. The fourth-order valence-corrected chi connectivity index (χ4v) is 1.75. The van der Waals surface area contributed by atoms with Gasteiger partial charge in [0.2, 0.25) is 0 Å². The normalized spacial score (nSPS) is 10.2. The first-order valence-corrected chi connectivity index (χ1v) is 5.92. The van der Waals surface area contributed by atoms with E-state index in [0.29, 0.717) is 12.4 Å². The Morgan fingerprint density at radius 1 is 1.26 bits per heavy atom. The topological polar surface area (TPSA) is 94.0 Å². The number of nitrogens with zero attached hydrogens (tertiary/aromatic N) is 1. The average molecular weight is 256 g/mol. The lowest BCUT2D eigenvalue weighted by Crippen LogP contribution is -2.14. The fraction of sp³-hybridized carbons (Fsp3) is 0.143. The molecular formula is C14H16N4O. The maximum atomic E-state index is 11.0.